The van der Waals surface area contributed by atoms with Crippen LogP contribution in [0.2, 0.25) is 0 Å². The molecule has 2 fully saturated rings. The van der Waals surface area contributed by atoms with Crippen molar-refractivity contribution < 1.29 is 22.5 Å². The van der Waals surface area contributed by atoms with E-state index in [9.17, 15) is 17.8 Å². The summed E-state index contributed by atoms with van der Waals surface area (Å²) in [5, 5.41) is 0. The first-order chi connectivity index (χ1) is 13.4. The molecule has 0 aliphatic carbocycles. The molecule has 2 heterocycles. The number of morpholine rings is 1. The minimum Gasteiger partial charge on any atom is -0.378 e. The van der Waals surface area contributed by atoms with E-state index < -0.39 is 21.5 Å². The molecule has 9 heteroatoms. The van der Waals surface area contributed by atoms with Crippen molar-refractivity contribution in [1.29, 1.82) is 0 Å². The molecule has 2 aliphatic heterocycles. The van der Waals surface area contributed by atoms with Crippen molar-refractivity contribution in [3.63, 3.8) is 0 Å². The third-order valence-corrected chi connectivity index (χ3v) is 5.92. The molecule has 0 bridgehead atoms. The lowest BCUT2D eigenvalue weighted by Crippen LogP contribution is -2.45. The fourth-order valence-corrected chi connectivity index (χ4v) is 4.64. The molecule has 1 unspecified atom stereocenters. The number of benzene rings is 2. The third-order valence-electron chi connectivity index (χ3n) is 4.92. The molecule has 2 aromatic carbocycles. The largest absolute Gasteiger partial charge is 0.378 e. The molecule has 0 spiro atoms. The van der Waals surface area contributed by atoms with Crippen LogP contribution in [0.25, 0.3) is 0 Å². The second kappa shape index (κ2) is 7.42. The van der Waals surface area contributed by atoms with Crippen molar-refractivity contribution >= 4 is 33.1 Å². The molecule has 2 aliphatic rings. The van der Waals surface area contributed by atoms with E-state index in [1.165, 1.54) is 4.90 Å². The lowest BCUT2D eigenvalue weighted by atomic mass is 10.2. The third kappa shape index (κ3) is 3.56. The Hall–Kier alpha value is -2.62. The van der Waals surface area contributed by atoms with Gasteiger partial charge in [0.15, 0.2) is 0 Å². The molecule has 28 heavy (non-hydrogen) atoms. The van der Waals surface area contributed by atoms with E-state index in [0.29, 0.717) is 24.6 Å². The highest BCUT2D eigenvalue weighted by Crippen LogP contribution is 2.32. The summed E-state index contributed by atoms with van der Waals surface area (Å²) in [5.41, 5.74) is 0.464. The van der Waals surface area contributed by atoms with E-state index in [1.54, 1.807) is 42.5 Å². The van der Waals surface area contributed by atoms with Gasteiger partial charge in [-0.25, -0.2) is 0 Å². The number of hydrogen-bond donors (Lipinski definition) is 1. The number of nitrogens with zero attached hydrogens (tertiary/aromatic N) is 3. The first-order valence-electron chi connectivity index (χ1n) is 8.98. The van der Waals surface area contributed by atoms with Crippen LogP contribution in [0, 0.1) is 0 Å². The highest BCUT2D eigenvalue weighted by molar-refractivity contribution is 7.86. The fraction of sp³-hybridized carbons (Fsp3) is 0.316. The van der Waals surface area contributed by atoms with E-state index in [4.69, 9.17) is 4.74 Å². The van der Waals surface area contributed by atoms with Crippen LogP contribution in [0.3, 0.4) is 0 Å². The maximum Gasteiger partial charge on any atom is 0.306 e. The highest BCUT2D eigenvalue weighted by Gasteiger charge is 2.46. The van der Waals surface area contributed by atoms with Gasteiger partial charge in [0.25, 0.3) is 0 Å². The van der Waals surface area contributed by atoms with Crippen LogP contribution in [0.15, 0.2) is 54.6 Å². The van der Waals surface area contributed by atoms with Crippen LogP contribution in [-0.4, -0.2) is 57.2 Å². The number of para-hydroxylation sites is 1. The van der Waals surface area contributed by atoms with Crippen molar-refractivity contribution in [2.24, 2.45) is 0 Å². The minimum atomic E-state index is -4.56. The van der Waals surface area contributed by atoms with Gasteiger partial charge in [-0.2, -0.15) is 8.42 Å². The van der Waals surface area contributed by atoms with Gasteiger partial charge in [0, 0.05) is 30.2 Å². The highest BCUT2D eigenvalue weighted by atomic mass is 32.2. The monoisotopic (exact) mass is 403 g/mol. The van der Waals surface area contributed by atoms with Gasteiger partial charge in [-0.3, -0.25) is 14.2 Å². The van der Waals surface area contributed by atoms with Crippen molar-refractivity contribution in [2.75, 3.05) is 47.5 Å². The summed E-state index contributed by atoms with van der Waals surface area (Å²) in [6, 6.07) is 15.8. The molecular weight excluding hydrogens is 382 g/mol. The molecule has 0 saturated carbocycles. The van der Waals surface area contributed by atoms with E-state index >= 15 is 0 Å². The van der Waals surface area contributed by atoms with Gasteiger partial charge in [-0.15, -0.1) is 0 Å². The summed E-state index contributed by atoms with van der Waals surface area (Å²) in [4.78, 5) is 17.3. The van der Waals surface area contributed by atoms with Gasteiger partial charge < -0.3 is 14.5 Å². The molecule has 0 radical (unpaired) electrons. The maximum atomic E-state index is 12.6. The van der Waals surface area contributed by atoms with Crippen molar-refractivity contribution in [3.8, 4) is 0 Å². The van der Waals surface area contributed by atoms with E-state index in [0.717, 1.165) is 23.7 Å². The quantitative estimate of drug-likeness (QED) is 0.775. The summed E-state index contributed by atoms with van der Waals surface area (Å²) in [6.07, 6.45) is 0. The predicted molar refractivity (Wildman–Crippen MR) is 106 cm³/mol. The summed E-state index contributed by atoms with van der Waals surface area (Å²) < 4.78 is 39.5. The Balaban J connectivity index is 1.65. The molecule has 8 nitrogen and oxygen atoms in total. The SMILES string of the molecule is O=C1CN(c2ccc(N3CCOCC3)cc2)C(S(=O)(=O)O)N1c1ccccc1. The van der Waals surface area contributed by atoms with E-state index in [2.05, 4.69) is 4.90 Å². The van der Waals surface area contributed by atoms with Gasteiger partial charge in [0.2, 0.25) is 11.4 Å². The number of carbonyl (C=O) groups is 1. The standard InChI is InChI=1S/C19H21N3O5S/c23-18-14-21(16-8-6-15(7-9-16)20-10-12-27-13-11-20)19(28(24,25)26)22(18)17-4-2-1-3-5-17/h1-9,19H,10-14H2,(H,24,25,26). The summed E-state index contributed by atoms with van der Waals surface area (Å²) in [6.45, 7) is 2.77. The Morgan fingerprint density at radius 2 is 1.50 bits per heavy atom. The molecule has 0 aromatic heterocycles. The number of hydrogen-bond acceptors (Lipinski definition) is 6. The molecule has 2 aromatic rings. The van der Waals surface area contributed by atoms with Crippen molar-refractivity contribution in [2.45, 2.75) is 5.50 Å². The van der Waals surface area contributed by atoms with Crippen molar-refractivity contribution in [1.82, 2.24) is 0 Å². The van der Waals surface area contributed by atoms with Gasteiger partial charge in [0.05, 0.1) is 13.2 Å². The predicted octanol–water partition coefficient (Wildman–Crippen LogP) is 1.55. The zero-order chi connectivity index (χ0) is 19.7. The smallest absolute Gasteiger partial charge is 0.306 e. The lowest BCUT2D eigenvalue weighted by Gasteiger charge is -2.30. The van der Waals surface area contributed by atoms with E-state index in [-0.39, 0.29) is 6.54 Å². The molecule has 148 valence electrons. The summed E-state index contributed by atoms with van der Waals surface area (Å²) in [5.74, 6) is -0.397. The maximum absolute atomic E-state index is 12.6. The first kappa shape index (κ1) is 18.7. The zero-order valence-corrected chi connectivity index (χ0v) is 16.0. The second-order valence-corrected chi connectivity index (χ2v) is 8.14. The van der Waals surface area contributed by atoms with Gasteiger partial charge in [-0.1, -0.05) is 18.2 Å². The first-order valence-corrected chi connectivity index (χ1v) is 10.5. The van der Waals surface area contributed by atoms with Gasteiger partial charge in [0.1, 0.15) is 6.54 Å². The average Bonchev–Trinajstić information content (AvgIpc) is 3.07. The fourth-order valence-electron chi connectivity index (χ4n) is 3.61. The topological polar surface area (TPSA) is 90.4 Å². The molecule has 4 rings (SSSR count). The van der Waals surface area contributed by atoms with Crippen LogP contribution in [0.1, 0.15) is 0 Å². The molecule has 1 N–H and O–H groups in total. The molecule has 1 atom stereocenters. The summed E-state index contributed by atoms with van der Waals surface area (Å²) >= 11 is 0. The number of carbonyl (C=O) groups excluding carboxylic acids is 1. The van der Waals surface area contributed by atoms with Crippen LogP contribution < -0.4 is 14.7 Å². The Kier molecular flexibility index (Phi) is 4.96. The van der Waals surface area contributed by atoms with Crippen LogP contribution in [0.4, 0.5) is 17.1 Å². The molecule has 2 saturated heterocycles. The molecule has 1 amide bonds. The number of rotatable bonds is 4. The minimum absolute atomic E-state index is 0.143. The lowest BCUT2D eigenvalue weighted by molar-refractivity contribution is -0.116. The normalized spacial score (nSPS) is 20.7. The van der Waals surface area contributed by atoms with Gasteiger partial charge in [-0.05, 0) is 36.4 Å². The van der Waals surface area contributed by atoms with Crippen LogP contribution in [-0.2, 0) is 19.6 Å². The number of ether oxygens (including phenoxy) is 1. The Morgan fingerprint density at radius 1 is 0.893 bits per heavy atom. The Labute approximate surface area is 163 Å². The summed E-state index contributed by atoms with van der Waals surface area (Å²) in [7, 11) is -4.56. The zero-order valence-electron chi connectivity index (χ0n) is 15.1. The average molecular weight is 403 g/mol. The second-order valence-electron chi connectivity index (χ2n) is 6.68. The van der Waals surface area contributed by atoms with Crippen LogP contribution in [0.5, 0.6) is 0 Å². The van der Waals surface area contributed by atoms with E-state index in [1.807, 2.05) is 12.1 Å². The Bertz CT molecular complexity index is 943. The van der Waals surface area contributed by atoms with Crippen LogP contribution >= 0.6 is 0 Å². The van der Waals surface area contributed by atoms with Crippen molar-refractivity contribution in [3.05, 3.63) is 54.6 Å². The molecular formula is C19H21N3O5S. The number of anilines is 3. The number of amides is 1. The van der Waals surface area contributed by atoms with Gasteiger partial charge >= 0.3 is 10.1 Å². The Morgan fingerprint density at radius 3 is 2.11 bits per heavy atom.